The molecule has 8 heteroatoms. The fourth-order valence-electron chi connectivity index (χ4n) is 1.80. The first-order valence-corrected chi connectivity index (χ1v) is 6.31. The Morgan fingerprint density at radius 3 is 2.84 bits per heavy atom. The van der Waals surface area contributed by atoms with Crippen molar-refractivity contribution in [2.45, 2.75) is 6.10 Å². The van der Waals surface area contributed by atoms with Crippen LogP contribution in [0.3, 0.4) is 0 Å². The summed E-state index contributed by atoms with van der Waals surface area (Å²) in [5.41, 5.74) is 0.278. The van der Waals surface area contributed by atoms with Crippen molar-refractivity contribution in [3.63, 3.8) is 0 Å². The minimum absolute atomic E-state index is 0.139. The van der Waals surface area contributed by atoms with Crippen molar-refractivity contribution in [3.8, 4) is 0 Å². The summed E-state index contributed by atoms with van der Waals surface area (Å²) in [4.78, 5) is 27.8. The number of esters is 1. The van der Waals surface area contributed by atoms with E-state index in [1.54, 1.807) is 0 Å². The van der Waals surface area contributed by atoms with Crippen LogP contribution >= 0.6 is 23.2 Å². The number of halogens is 2. The third-order valence-corrected chi connectivity index (χ3v) is 3.47. The van der Waals surface area contributed by atoms with Gasteiger partial charge in [-0.2, -0.15) is 0 Å². The van der Waals surface area contributed by atoms with Gasteiger partial charge in [0.1, 0.15) is 10.8 Å². The predicted molar refractivity (Wildman–Crippen MR) is 68.5 cm³/mol. The van der Waals surface area contributed by atoms with Gasteiger partial charge in [0.05, 0.1) is 25.3 Å². The number of nitrogens with zero attached hydrogens (tertiary/aromatic N) is 1. The molecule has 1 atom stereocenters. The lowest BCUT2D eigenvalue weighted by molar-refractivity contribution is -0.158. The monoisotopic (exact) mass is 306 g/mol. The number of hydrogen-bond acceptors (Lipinski definition) is 4. The molecule has 19 heavy (non-hydrogen) atoms. The number of ether oxygens (including phenoxy) is 2. The Morgan fingerprint density at radius 1 is 1.53 bits per heavy atom. The van der Waals surface area contributed by atoms with Gasteiger partial charge in [-0.25, -0.2) is 4.79 Å². The van der Waals surface area contributed by atoms with E-state index in [1.807, 2.05) is 0 Å². The fourth-order valence-corrected chi connectivity index (χ4v) is 2.11. The number of hydrogen-bond donors (Lipinski definition) is 1. The van der Waals surface area contributed by atoms with Crippen LogP contribution in [0.25, 0.3) is 0 Å². The molecule has 1 saturated heterocycles. The normalized spacial score (nSPS) is 19.3. The average Bonchev–Trinajstić information content (AvgIpc) is 2.77. The second-order valence-corrected chi connectivity index (χ2v) is 4.76. The Bertz CT molecular complexity index is 483. The number of H-pyrrole nitrogens is 1. The summed E-state index contributed by atoms with van der Waals surface area (Å²) < 4.78 is 9.84. The van der Waals surface area contributed by atoms with Crippen LogP contribution in [0.4, 0.5) is 0 Å². The SMILES string of the molecule is COC(=O)C1CN(C(=O)c2cc(Cl)c(Cl)[nH]2)CCO1. The van der Waals surface area contributed by atoms with E-state index < -0.39 is 12.1 Å². The molecule has 1 aromatic heterocycles. The molecular weight excluding hydrogens is 295 g/mol. The molecule has 0 aromatic carbocycles. The summed E-state index contributed by atoms with van der Waals surface area (Å²) in [5, 5.41) is 0.491. The van der Waals surface area contributed by atoms with Crippen LogP contribution in [-0.2, 0) is 14.3 Å². The molecule has 1 aliphatic rings. The first-order valence-electron chi connectivity index (χ1n) is 5.55. The van der Waals surface area contributed by atoms with E-state index in [-0.39, 0.29) is 34.9 Å². The topological polar surface area (TPSA) is 71.6 Å². The molecule has 2 heterocycles. The Kier molecular flexibility index (Phi) is 4.34. The van der Waals surface area contributed by atoms with E-state index in [4.69, 9.17) is 27.9 Å². The molecule has 1 N–H and O–H groups in total. The van der Waals surface area contributed by atoms with Crippen molar-refractivity contribution >= 4 is 35.1 Å². The quantitative estimate of drug-likeness (QED) is 0.837. The third-order valence-electron chi connectivity index (χ3n) is 2.77. The number of amides is 1. The van der Waals surface area contributed by atoms with Gasteiger partial charge in [-0.3, -0.25) is 4.79 Å². The molecule has 0 saturated carbocycles. The molecule has 0 spiro atoms. The number of methoxy groups -OCH3 is 1. The molecule has 2 rings (SSSR count). The number of nitrogens with one attached hydrogen (secondary N) is 1. The Morgan fingerprint density at radius 2 is 2.26 bits per heavy atom. The van der Waals surface area contributed by atoms with Crippen LogP contribution < -0.4 is 0 Å². The molecule has 0 aliphatic carbocycles. The Labute approximate surface area is 119 Å². The Hall–Kier alpha value is -1.24. The van der Waals surface area contributed by atoms with Crippen molar-refractivity contribution in [1.82, 2.24) is 9.88 Å². The van der Waals surface area contributed by atoms with Crippen molar-refractivity contribution in [2.24, 2.45) is 0 Å². The zero-order valence-corrected chi connectivity index (χ0v) is 11.6. The van der Waals surface area contributed by atoms with Gasteiger partial charge in [0.2, 0.25) is 0 Å². The number of morpholine rings is 1. The van der Waals surface area contributed by atoms with Crippen LogP contribution in [0.2, 0.25) is 10.2 Å². The Balaban J connectivity index is 2.09. The largest absolute Gasteiger partial charge is 0.467 e. The minimum atomic E-state index is -0.761. The van der Waals surface area contributed by atoms with E-state index in [0.29, 0.717) is 6.54 Å². The summed E-state index contributed by atoms with van der Waals surface area (Å²) in [7, 11) is 1.27. The summed E-state index contributed by atoms with van der Waals surface area (Å²) in [6.45, 7) is 0.800. The van der Waals surface area contributed by atoms with Gasteiger partial charge in [-0.05, 0) is 6.07 Å². The lowest BCUT2D eigenvalue weighted by Crippen LogP contribution is -2.49. The lowest BCUT2D eigenvalue weighted by Gasteiger charge is -2.31. The fraction of sp³-hybridized carbons (Fsp3) is 0.455. The highest BCUT2D eigenvalue weighted by Gasteiger charge is 2.31. The number of aromatic amines is 1. The average molecular weight is 307 g/mol. The van der Waals surface area contributed by atoms with Gasteiger partial charge < -0.3 is 19.4 Å². The van der Waals surface area contributed by atoms with Gasteiger partial charge in [0.15, 0.2) is 6.10 Å². The van der Waals surface area contributed by atoms with E-state index in [2.05, 4.69) is 9.72 Å². The number of carbonyl (C=O) groups excluding carboxylic acids is 2. The molecule has 0 radical (unpaired) electrons. The second kappa shape index (κ2) is 5.81. The summed E-state index contributed by atoms with van der Waals surface area (Å²) in [6.07, 6.45) is -0.761. The van der Waals surface area contributed by atoms with Crippen molar-refractivity contribution in [3.05, 3.63) is 21.9 Å². The van der Waals surface area contributed by atoms with E-state index in [9.17, 15) is 9.59 Å². The number of rotatable bonds is 2. The zero-order valence-electron chi connectivity index (χ0n) is 10.1. The van der Waals surface area contributed by atoms with Crippen molar-refractivity contribution in [1.29, 1.82) is 0 Å². The highest BCUT2D eigenvalue weighted by molar-refractivity contribution is 6.41. The van der Waals surface area contributed by atoms with Crippen LogP contribution in [-0.4, -0.2) is 54.7 Å². The molecule has 6 nitrogen and oxygen atoms in total. The molecule has 104 valence electrons. The number of carbonyl (C=O) groups is 2. The first-order chi connectivity index (χ1) is 9.02. The van der Waals surface area contributed by atoms with Crippen LogP contribution in [0.5, 0.6) is 0 Å². The molecule has 1 aromatic rings. The number of aromatic nitrogens is 1. The van der Waals surface area contributed by atoms with Crippen molar-refractivity contribution < 1.29 is 19.1 Å². The summed E-state index contributed by atoms with van der Waals surface area (Å²) in [6, 6.07) is 1.45. The van der Waals surface area contributed by atoms with Gasteiger partial charge in [0, 0.05) is 6.54 Å². The lowest BCUT2D eigenvalue weighted by atomic mass is 10.2. The van der Waals surface area contributed by atoms with Crippen molar-refractivity contribution in [2.75, 3.05) is 26.8 Å². The van der Waals surface area contributed by atoms with Gasteiger partial charge in [0.25, 0.3) is 5.91 Å². The van der Waals surface area contributed by atoms with Gasteiger partial charge in [-0.15, -0.1) is 0 Å². The van der Waals surface area contributed by atoms with E-state index in [0.717, 1.165) is 0 Å². The standard InChI is InChI=1S/C11H12Cl2N2O4/c1-18-11(17)8-5-15(2-3-19-8)10(16)7-4-6(12)9(13)14-7/h4,8,14H,2-3,5H2,1H3. The molecule has 0 bridgehead atoms. The maximum absolute atomic E-state index is 12.2. The maximum atomic E-state index is 12.2. The molecule has 1 aliphatic heterocycles. The van der Waals surface area contributed by atoms with E-state index in [1.165, 1.54) is 18.1 Å². The second-order valence-electron chi connectivity index (χ2n) is 3.98. The van der Waals surface area contributed by atoms with Crippen LogP contribution in [0, 0.1) is 0 Å². The summed E-state index contributed by atoms with van der Waals surface area (Å²) in [5.74, 6) is -0.786. The highest BCUT2D eigenvalue weighted by Crippen LogP contribution is 2.23. The third kappa shape index (κ3) is 3.02. The predicted octanol–water partition coefficient (Wildman–Crippen LogP) is 1.34. The van der Waals surface area contributed by atoms with E-state index >= 15 is 0 Å². The zero-order chi connectivity index (χ0) is 14.0. The highest BCUT2D eigenvalue weighted by atomic mass is 35.5. The van der Waals surface area contributed by atoms with Crippen LogP contribution in [0.15, 0.2) is 6.07 Å². The molecule has 1 amide bonds. The minimum Gasteiger partial charge on any atom is -0.467 e. The molecule has 1 fully saturated rings. The molecule has 1 unspecified atom stereocenters. The first kappa shape index (κ1) is 14.2. The maximum Gasteiger partial charge on any atom is 0.336 e. The van der Waals surface area contributed by atoms with Crippen LogP contribution in [0.1, 0.15) is 10.5 Å². The van der Waals surface area contributed by atoms with Gasteiger partial charge >= 0.3 is 5.97 Å². The molecular formula is C11H12Cl2N2O4. The van der Waals surface area contributed by atoms with Gasteiger partial charge in [-0.1, -0.05) is 23.2 Å². The smallest absolute Gasteiger partial charge is 0.336 e. The summed E-state index contributed by atoms with van der Waals surface area (Å²) >= 11 is 11.5.